The zero-order valence-electron chi connectivity index (χ0n) is 10.9. The van der Waals surface area contributed by atoms with Crippen molar-refractivity contribution in [3.05, 3.63) is 48.3 Å². The van der Waals surface area contributed by atoms with E-state index in [9.17, 15) is 8.42 Å². The van der Waals surface area contributed by atoms with Crippen molar-refractivity contribution in [2.75, 3.05) is 12.8 Å². The minimum Gasteiger partial charge on any atom is -0.496 e. The van der Waals surface area contributed by atoms with Crippen LogP contribution in [0.3, 0.4) is 0 Å². The van der Waals surface area contributed by atoms with Gasteiger partial charge in [-0.15, -0.1) is 0 Å². The van der Waals surface area contributed by atoms with Gasteiger partial charge in [0.2, 0.25) is 10.0 Å². The van der Waals surface area contributed by atoms with Crippen molar-refractivity contribution in [1.82, 2.24) is 9.71 Å². The molecule has 0 saturated carbocycles. The van der Waals surface area contributed by atoms with Gasteiger partial charge in [0.15, 0.2) is 0 Å². The SMILES string of the molecule is COc1ccccc1CNS(=O)(=O)c1cnccc1N. The van der Waals surface area contributed by atoms with E-state index in [0.717, 1.165) is 5.56 Å². The van der Waals surface area contributed by atoms with Gasteiger partial charge in [-0.25, -0.2) is 13.1 Å². The molecule has 20 heavy (non-hydrogen) atoms. The molecule has 0 atom stereocenters. The van der Waals surface area contributed by atoms with E-state index >= 15 is 0 Å². The van der Waals surface area contributed by atoms with Crippen LogP contribution in [0.4, 0.5) is 5.69 Å². The normalized spacial score (nSPS) is 11.2. The molecule has 6 nitrogen and oxygen atoms in total. The van der Waals surface area contributed by atoms with E-state index in [1.807, 2.05) is 12.1 Å². The third-order valence-electron chi connectivity index (χ3n) is 2.75. The Morgan fingerprint density at radius 1 is 1.30 bits per heavy atom. The third-order valence-corrected chi connectivity index (χ3v) is 4.20. The largest absolute Gasteiger partial charge is 0.496 e. The van der Waals surface area contributed by atoms with Crippen molar-refractivity contribution < 1.29 is 13.2 Å². The summed E-state index contributed by atoms with van der Waals surface area (Å²) >= 11 is 0. The fraction of sp³-hybridized carbons (Fsp3) is 0.154. The van der Waals surface area contributed by atoms with Gasteiger partial charge in [0.1, 0.15) is 10.6 Å². The maximum atomic E-state index is 12.2. The Hall–Kier alpha value is -2.12. The van der Waals surface area contributed by atoms with Crippen LogP contribution < -0.4 is 15.2 Å². The van der Waals surface area contributed by atoms with Gasteiger partial charge >= 0.3 is 0 Å². The summed E-state index contributed by atoms with van der Waals surface area (Å²) in [5, 5.41) is 0. The first-order valence-corrected chi connectivity index (χ1v) is 7.34. The van der Waals surface area contributed by atoms with Crippen LogP contribution in [0.2, 0.25) is 0 Å². The summed E-state index contributed by atoms with van der Waals surface area (Å²) < 4.78 is 32.0. The van der Waals surface area contributed by atoms with E-state index in [4.69, 9.17) is 10.5 Å². The first kappa shape index (κ1) is 14.3. The van der Waals surface area contributed by atoms with Crippen LogP contribution in [0.25, 0.3) is 0 Å². The van der Waals surface area contributed by atoms with Crippen molar-refractivity contribution in [3.63, 3.8) is 0 Å². The van der Waals surface area contributed by atoms with Crippen LogP contribution in [0.15, 0.2) is 47.6 Å². The van der Waals surface area contributed by atoms with Gasteiger partial charge in [-0.2, -0.15) is 0 Å². The number of nitrogens with one attached hydrogen (secondary N) is 1. The molecule has 0 spiro atoms. The lowest BCUT2D eigenvalue weighted by atomic mass is 10.2. The van der Waals surface area contributed by atoms with Gasteiger partial charge < -0.3 is 10.5 Å². The van der Waals surface area contributed by atoms with Crippen LogP contribution in [0.1, 0.15) is 5.56 Å². The summed E-state index contributed by atoms with van der Waals surface area (Å²) in [6.45, 7) is 0.112. The Morgan fingerprint density at radius 3 is 2.75 bits per heavy atom. The lowest BCUT2D eigenvalue weighted by molar-refractivity contribution is 0.409. The van der Waals surface area contributed by atoms with Crippen molar-refractivity contribution in [2.45, 2.75) is 11.4 Å². The molecule has 1 aromatic heterocycles. The second kappa shape index (κ2) is 5.89. The quantitative estimate of drug-likeness (QED) is 0.862. The molecule has 7 heteroatoms. The summed E-state index contributed by atoms with van der Waals surface area (Å²) in [5.74, 6) is 0.620. The van der Waals surface area contributed by atoms with E-state index < -0.39 is 10.0 Å². The first-order chi connectivity index (χ1) is 9.54. The average Bonchev–Trinajstić information content (AvgIpc) is 2.46. The number of pyridine rings is 1. The molecule has 0 bridgehead atoms. The molecule has 2 rings (SSSR count). The molecule has 0 aliphatic heterocycles. The average molecular weight is 293 g/mol. The molecule has 106 valence electrons. The molecular formula is C13H15N3O3S. The van der Waals surface area contributed by atoms with Crippen LogP contribution >= 0.6 is 0 Å². The van der Waals surface area contributed by atoms with Crippen LogP contribution in [0, 0.1) is 0 Å². The maximum absolute atomic E-state index is 12.2. The Morgan fingerprint density at radius 2 is 2.05 bits per heavy atom. The number of methoxy groups -OCH3 is 1. The van der Waals surface area contributed by atoms with Crippen molar-refractivity contribution in [2.24, 2.45) is 0 Å². The standard InChI is InChI=1S/C13H15N3O3S/c1-19-12-5-3-2-4-10(12)8-16-20(17,18)13-9-15-7-6-11(13)14/h2-7,9,16H,8H2,1H3,(H2,14,15). The second-order valence-electron chi connectivity index (χ2n) is 4.05. The van der Waals surface area contributed by atoms with E-state index in [0.29, 0.717) is 5.75 Å². The summed E-state index contributed by atoms with van der Waals surface area (Å²) in [5.41, 5.74) is 6.54. The topological polar surface area (TPSA) is 94.3 Å². The number of hydrogen-bond acceptors (Lipinski definition) is 5. The number of nitrogen functional groups attached to an aromatic ring is 1. The molecule has 0 amide bonds. The van der Waals surface area contributed by atoms with Gasteiger partial charge in [0.05, 0.1) is 12.8 Å². The van der Waals surface area contributed by atoms with Gasteiger partial charge in [-0.1, -0.05) is 18.2 Å². The Kier molecular flexibility index (Phi) is 4.21. The fourth-order valence-corrected chi connectivity index (χ4v) is 2.79. The molecule has 0 aliphatic rings. The third kappa shape index (κ3) is 3.06. The highest BCUT2D eigenvalue weighted by Gasteiger charge is 2.17. The van der Waals surface area contributed by atoms with E-state index in [1.54, 1.807) is 12.1 Å². The van der Waals surface area contributed by atoms with Crippen LogP contribution in [0.5, 0.6) is 5.75 Å². The molecular weight excluding hydrogens is 278 g/mol. The lowest BCUT2D eigenvalue weighted by Gasteiger charge is -2.11. The van der Waals surface area contributed by atoms with E-state index in [2.05, 4.69) is 9.71 Å². The molecule has 0 radical (unpaired) electrons. The smallest absolute Gasteiger partial charge is 0.244 e. The summed E-state index contributed by atoms with van der Waals surface area (Å²) in [7, 11) is -2.17. The van der Waals surface area contributed by atoms with Crippen molar-refractivity contribution in [3.8, 4) is 5.75 Å². The number of rotatable bonds is 5. The number of anilines is 1. The molecule has 1 aromatic carbocycles. The van der Waals surface area contributed by atoms with Crippen molar-refractivity contribution >= 4 is 15.7 Å². The van der Waals surface area contributed by atoms with Crippen molar-refractivity contribution in [1.29, 1.82) is 0 Å². The molecule has 0 saturated heterocycles. The lowest BCUT2D eigenvalue weighted by Crippen LogP contribution is -2.24. The number of sulfonamides is 1. The number of ether oxygens (including phenoxy) is 1. The Bertz CT molecular complexity index is 702. The zero-order valence-corrected chi connectivity index (χ0v) is 11.7. The second-order valence-corrected chi connectivity index (χ2v) is 5.79. The highest BCUT2D eigenvalue weighted by Crippen LogP contribution is 2.19. The first-order valence-electron chi connectivity index (χ1n) is 5.85. The van der Waals surface area contributed by atoms with Gasteiger partial charge in [0, 0.05) is 24.5 Å². The van der Waals surface area contributed by atoms with Crippen LogP contribution in [-0.2, 0) is 16.6 Å². The molecule has 2 aromatic rings. The highest BCUT2D eigenvalue weighted by molar-refractivity contribution is 7.89. The zero-order chi connectivity index (χ0) is 14.6. The maximum Gasteiger partial charge on any atom is 0.244 e. The number of para-hydroxylation sites is 1. The molecule has 0 unspecified atom stereocenters. The summed E-state index contributed by atoms with van der Waals surface area (Å²) in [6, 6.07) is 8.62. The minimum absolute atomic E-state index is 0.0325. The van der Waals surface area contributed by atoms with Crippen LogP contribution in [-0.4, -0.2) is 20.5 Å². The number of hydrogen-bond donors (Lipinski definition) is 2. The molecule has 1 heterocycles. The number of aromatic nitrogens is 1. The monoisotopic (exact) mass is 293 g/mol. The van der Waals surface area contributed by atoms with E-state index in [1.165, 1.54) is 25.6 Å². The molecule has 0 fully saturated rings. The van der Waals surface area contributed by atoms with Gasteiger partial charge in [-0.3, -0.25) is 4.98 Å². The number of nitrogens with two attached hydrogens (primary N) is 1. The number of benzene rings is 1. The Balaban J connectivity index is 2.20. The predicted octanol–water partition coefficient (Wildman–Crippen LogP) is 1.15. The predicted molar refractivity (Wildman–Crippen MR) is 75.7 cm³/mol. The molecule has 3 N–H and O–H groups in total. The molecule has 0 aliphatic carbocycles. The minimum atomic E-state index is -3.71. The highest BCUT2D eigenvalue weighted by atomic mass is 32.2. The number of nitrogens with zero attached hydrogens (tertiary/aromatic N) is 1. The van der Waals surface area contributed by atoms with Gasteiger partial charge in [-0.05, 0) is 12.1 Å². The fourth-order valence-electron chi connectivity index (χ4n) is 1.71. The summed E-state index contributed by atoms with van der Waals surface area (Å²) in [4.78, 5) is 3.74. The Labute approximate surface area is 117 Å². The van der Waals surface area contributed by atoms with Gasteiger partial charge in [0.25, 0.3) is 0 Å². The van der Waals surface area contributed by atoms with E-state index in [-0.39, 0.29) is 17.1 Å². The summed E-state index contributed by atoms with van der Waals surface area (Å²) in [6.07, 6.45) is 2.66.